The van der Waals surface area contributed by atoms with Crippen molar-refractivity contribution in [1.29, 1.82) is 0 Å². The zero-order valence-corrected chi connectivity index (χ0v) is 21.4. The number of aliphatic hydroxyl groups is 1. The van der Waals surface area contributed by atoms with Crippen LogP contribution >= 0.6 is 0 Å². The molecule has 2 aromatic carbocycles. The van der Waals surface area contributed by atoms with E-state index in [9.17, 15) is 19.5 Å². The Morgan fingerprint density at radius 2 is 1.97 bits per heavy atom. The second-order valence-corrected chi connectivity index (χ2v) is 9.95. The minimum atomic E-state index is -1.07. The van der Waals surface area contributed by atoms with Gasteiger partial charge in [-0.1, -0.05) is 24.3 Å². The van der Waals surface area contributed by atoms with Gasteiger partial charge in [0.2, 0.25) is 11.8 Å². The molecule has 3 aliphatic rings. The fourth-order valence-corrected chi connectivity index (χ4v) is 5.18. The van der Waals surface area contributed by atoms with Crippen molar-refractivity contribution in [3.8, 4) is 5.75 Å². The maximum absolute atomic E-state index is 12.9. The Hall–Kier alpha value is -3.47. The average molecular weight is 523 g/mol. The van der Waals surface area contributed by atoms with Gasteiger partial charge in [0.15, 0.2) is 0 Å². The van der Waals surface area contributed by atoms with Crippen LogP contribution in [0.2, 0.25) is 0 Å². The molecule has 0 saturated carbocycles. The van der Waals surface area contributed by atoms with Gasteiger partial charge in [-0.15, -0.1) is 0 Å². The molecule has 0 bridgehead atoms. The summed E-state index contributed by atoms with van der Waals surface area (Å²) in [6, 6.07) is 12.7. The van der Waals surface area contributed by atoms with E-state index in [4.69, 9.17) is 9.47 Å². The van der Waals surface area contributed by atoms with Crippen molar-refractivity contribution in [3.05, 3.63) is 64.7 Å². The lowest BCUT2D eigenvalue weighted by molar-refractivity contribution is -0.129. The number of morpholine rings is 1. The van der Waals surface area contributed by atoms with Crippen LogP contribution in [0, 0.1) is 0 Å². The number of benzene rings is 2. The number of hydrogen-bond acceptors (Lipinski definition) is 7. The third-order valence-electron chi connectivity index (χ3n) is 7.28. The molecule has 38 heavy (non-hydrogen) atoms. The first kappa shape index (κ1) is 26.1. The van der Waals surface area contributed by atoms with Crippen LogP contribution in [0.25, 0.3) is 0 Å². The number of carbonyl (C=O) groups is 3. The lowest BCUT2D eigenvalue weighted by Crippen LogP contribution is -2.55. The van der Waals surface area contributed by atoms with Crippen molar-refractivity contribution >= 4 is 17.7 Å². The minimum absolute atomic E-state index is 0.102. The van der Waals surface area contributed by atoms with Crippen LogP contribution in [0.1, 0.15) is 39.9 Å². The monoisotopic (exact) mass is 522 g/mol. The highest BCUT2D eigenvalue weighted by Crippen LogP contribution is 2.29. The fraction of sp³-hybridized carbons (Fsp3) is 0.464. The molecule has 10 heteroatoms. The lowest BCUT2D eigenvalue weighted by atomic mass is 10.0. The summed E-state index contributed by atoms with van der Waals surface area (Å²) in [5.41, 5.74) is 3.21. The quantitative estimate of drug-likeness (QED) is 0.446. The van der Waals surface area contributed by atoms with Gasteiger partial charge in [0.25, 0.3) is 5.91 Å². The molecule has 3 aliphatic heterocycles. The third kappa shape index (κ3) is 6.32. The first-order valence-electron chi connectivity index (χ1n) is 13.1. The Bertz CT molecular complexity index is 1180. The SMILES string of the molecule is O=C(Cc1cccc(OCCN2CCOCC2)c1)NCc1ccc2c(c1)CN(C1CCC(=O)NC1O)C2=O. The van der Waals surface area contributed by atoms with E-state index in [-0.39, 0.29) is 30.6 Å². The van der Waals surface area contributed by atoms with Crippen LogP contribution in [-0.4, -0.2) is 84.4 Å². The number of rotatable bonds is 9. The van der Waals surface area contributed by atoms with Gasteiger partial charge in [-0.25, -0.2) is 0 Å². The number of piperidine rings is 1. The molecule has 0 radical (unpaired) electrons. The number of ether oxygens (including phenoxy) is 2. The van der Waals surface area contributed by atoms with E-state index in [1.54, 1.807) is 11.0 Å². The second kappa shape index (κ2) is 11.9. The average Bonchev–Trinajstić information content (AvgIpc) is 3.23. The van der Waals surface area contributed by atoms with Gasteiger partial charge in [-0.3, -0.25) is 19.3 Å². The number of hydrogen-bond donors (Lipinski definition) is 3. The summed E-state index contributed by atoms with van der Waals surface area (Å²) in [6.45, 7) is 5.51. The zero-order valence-electron chi connectivity index (χ0n) is 21.4. The van der Waals surface area contributed by atoms with Gasteiger partial charge in [0.05, 0.1) is 25.7 Å². The number of amides is 3. The van der Waals surface area contributed by atoms with Crippen molar-refractivity contribution in [3.63, 3.8) is 0 Å². The Labute approximate surface area is 221 Å². The molecular weight excluding hydrogens is 488 g/mol. The van der Waals surface area contributed by atoms with Gasteiger partial charge in [0, 0.05) is 44.7 Å². The van der Waals surface area contributed by atoms with E-state index in [1.165, 1.54) is 0 Å². The molecule has 2 fully saturated rings. The molecule has 3 amide bonds. The number of aliphatic hydroxyl groups excluding tert-OH is 1. The Morgan fingerprint density at radius 1 is 1.13 bits per heavy atom. The van der Waals surface area contributed by atoms with E-state index in [1.807, 2.05) is 36.4 Å². The van der Waals surface area contributed by atoms with Crippen LogP contribution in [0.15, 0.2) is 42.5 Å². The summed E-state index contributed by atoms with van der Waals surface area (Å²) in [5, 5.41) is 15.7. The van der Waals surface area contributed by atoms with Crippen LogP contribution in [0.5, 0.6) is 5.75 Å². The molecule has 2 saturated heterocycles. The van der Waals surface area contributed by atoms with Crippen molar-refractivity contribution in [2.75, 3.05) is 39.5 Å². The first-order valence-corrected chi connectivity index (χ1v) is 13.1. The molecule has 0 spiro atoms. The highest BCUT2D eigenvalue weighted by Gasteiger charge is 2.38. The number of nitrogens with zero attached hydrogens (tertiary/aromatic N) is 2. The molecule has 0 aliphatic carbocycles. The van der Waals surface area contributed by atoms with Crippen molar-refractivity contribution in [2.45, 2.75) is 44.6 Å². The summed E-state index contributed by atoms with van der Waals surface area (Å²) in [4.78, 5) is 41.0. The van der Waals surface area contributed by atoms with Crippen molar-refractivity contribution in [2.24, 2.45) is 0 Å². The van der Waals surface area contributed by atoms with E-state index in [2.05, 4.69) is 15.5 Å². The van der Waals surface area contributed by atoms with Gasteiger partial charge in [-0.05, 0) is 41.3 Å². The van der Waals surface area contributed by atoms with Crippen LogP contribution in [0.4, 0.5) is 0 Å². The van der Waals surface area contributed by atoms with Crippen molar-refractivity contribution in [1.82, 2.24) is 20.4 Å². The Kier molecular flexibility index (Phi) is 8.21. The van der Waals surface area contributed by atoms with Gasteiger partial charge in [0.1, 0.15) is 18.6 Å². The van der Waals surface area contributed by atoms with Crippen LogP contribution < -0.4 is 15.4 Å². The highest BCUT2D eigenvalue weighted by atomic mass is 16.5. The maximum atomic E-state index is 12.9. The highest BCUT2D eigenvalue weighted by molar-refractivity contribution is 5.98. The van der Waals surface area contributed by atoms with Crippen LogP contribution in [0.3, 0.4) is 0 Å². The van der Waals surface area contributed by atoms with Gasteiger partial charge in [-0.2, -0.15) is 0 Å². The predicted octanol–water partition coefficient (Wildman–Crippen LogP) is 0.809. The standard InChI is InChI=1S/C28H34N4O6/c33-25-7-6-24(27(35)30-25)32-18-21-14-20(4-5-23(21)28(32)36)17-29-26(34)16-19-2-1-3-22(15-19)38-13-10-31-8-11-37-12-9-31/h1-5,14-15,24,27,35H,6-13,16-18H2,(H,29,34)(H,30,33). The molecule has 2 unspecified atom stereocenters. The maximum Gasteiger partial charge on any atom is 0.254 e. The number of fused-ring (bicyclic) bond motifs is 1. The Morgan fingerprint density at radius 3 is 2.79 bits per heavy atom. The summed E-state index contributed by atoms with van der Waals surface area (Å²) in [6.07, 6.45) is -0.122. The topological polar surface area (TPSA) is 120 Å². The molecule has 10 nitrogen and oxygen atoms in total. The van der Waals surface area contributed by atoms with E-state index in [0.29, 0.717) is 31.7 Å². The molecule has 0 aromatic heterocycles. The number of carbonyl (C=O) groups excluding carboxylic acids is 3. The van der Waals surface area contributed by atoms with Gasteiger partial charge >= 0.3 is 0 Å². The fourth-order valence-electron chi connectivity index (χ4n) is 5.18. The first-order chi connectivity index (χ1) is 18.5. The van der Waals surface area contributed by atoms with E-state index >= 15 is 0 Å². The lowest BCUT2D eigenvalue weighted by Gasteiger charge is -2.35. The smallest absolute Gasteiger partial charge is 0.254 e. The molecule has 2 aromatic rings. The largest absolute Gasteiger partial charge is 0.492 e. The molecular formula is C28H34N4O6. The van der Waals surface area contributed by atoms with Crippen LogP contribution in [-0.2, 0) is 33.8 Å². The summed E-state index contributed by atoms with van der Waals surface area (Å²) in [5.74, 6) is 0.288. The number of nitrogens with one attached hydrogen (secondary N) is 2. The molecule has 3 N–H and O–H groups in total. The molecule has 3 heterocycles. The van der Waals surface area contributed by atoms with E-state index < -0.39 is 12.3 Å². The Balaban J connectivity index is 1.10. The summed E-state index contributed by atoms with van der Waals surface area (Å²) in [7, 11) is 0. The van der Waals surface area contributed by atoms with Gasteiger partial charge < -0.3 is 30.1 Å². The second-order valence-electron chi connectivity index (χ2n) is 9.95. The van der Waals surface area contributed by atoms with E-state index in [0.717, 1.165) is 55.3 Å². The third-order valence-corrected chi connectivity index (χ3v) is 7.28. The molecule has 202 valence electrons. The normalized spacial score (nSPS) is 21.7. The zero-order chi connectivity index (χ0) is 26.5. The molecule has 5 rings (SSSR count). The minimum Gasteiger partial charge on any atom is -0.492 e. The predicted molar refractivity (Wildman–Crippen MR) is 138 cm³/mol. The summed E-state index contributed by atoms with van der Waals surface area (Å²) >= 11 is 0. The molecule has 2 atom stereocenters. The summed E-state index contributed by atoms with van der Waals surface area (Å²) < 4.78 is 11.3. The van der Waals surface area contributed by atoms with Crippen molar-refractivity contribution < 1.29 is 29.0 Å².